The third kappa shape index (κ3) is 4.56. The Bertz CT molecular complexity index is 1380. The van der Waals surface area contributed by atoms with Crippen molar-refractivity contribution in [1.82, 2.24) is 24.4 Å². The molecular weight excluding hydrogens is 464 g/mol. The van der Waals surface area contributed by atoms with E-state index in [-0.39, 0.29) is 23.5 Å². The molecule has 1 aliphatic heterocycles. The topological polar surface area (TPSA) is 71.3 Å². The summed E-state index contributed by atoms with van der Waals surface area (Å²) < 4.78 is 38.1. The lowest BCUT2D eigenvalue weighted by Crippen LogP contribution is -2.44. The Labute approximate surface area is 208 Å². The van der Waals surface area contributed by atoms with Crippen LogP contribution in [0.15, 0.2) is 42.9 Å². The van der Waals surface area contributed by atoms with Crippen molar-refractivity contribution in [3.8, 4) is 11.6 Å². The maximum atomic E-state index is 15.3. The van der Waals surface area contributed by atoms with Gasteiger partial charge >= 0.3 is 0 Å². The van der Waals surface area contributed by atoms with Crippen LogP contribution in [-0.4, -0.2) is 57.6 Å². The molecule has 1 aromatic carbocycles. The third-order valence-electron chi connectivity index (χ3n) is 6.46. The van der Waals surface area contributed by atoms with Crippen molar-refractivity contribution in [1.29, 1.82) is 0 Å². The smallest absolute Gasteiger partial charge is 0.261 e. The number of aryl methyl sites for hydroxylation is 1. The summed E-state index contributed by atoms with van der Waals surface area (Å²) >= 11 is 0. The van der Waals surface area contributed by atoms with Crippen LogP contribution in [0.1, 0.15) is 25.6 Å². The largest absolute Gasteiger partial charge is 0.433 e. The lowest BCUT2D eigenvalue weighted by molar-refractivity contribution is 0.313. The van der Waals surface area contributed by atoms with Gasteiger partial charge in [-0.05, 0) is 58.2 Å². The van der Waals surface area contributed by atoms with Gasteiger partial charge in [-0.3, -0.25) is 0 Å². The molecule has 0 aliphatic carbocycles. The van der Waals surface area contributed by atoms with Crippen molar-refractivity contribution in [2.24, 2.45) is 0 Å². The van der Waals surface area contributed by atoms with E-state index in [0.717, 1.165) is 49.4 Å². The van der Waals surface area contributed by atoms with Crippen molar-refractivity contribution in [3.05, 3.63) is 60.2 Å². The first-order valence-corrected chi connectivity index (χ1v) is 12.0. The van der Waals surface area contributed by atoms with Gasteiger partial charge in [0.25, 0.3) is 5.88 Å². The van der Waals surface area contributed by atoms with Gasteiger partial charge in [-0.1, -0.05) is 0 Å². The molecule has 3 aromatic heterocycles. The molecule has 4 heterocycles. The number of hydrogen-bond acceptors (Lipinski definition) is 7. The highest BCUT2D eigenvalue weighted by molar-refractivity contribution is 5.84. The minimum atomic E-state index is -0.835. The highest BCUT2D eigenvalue weighted by atomic mass is 19.1. The molecule has 1 aliphatic rings. The quantitative estimate of drug-likeness (QED) is 0.392. The van der Waals surface area contributed by atoms with E-state index in [1.165, 1.54) is 6.07 Å². The van der Waals surface area contributed by atoms with E-state index in [9.17, 15) is 0 Å². The number of fused-ring (bicyclic) bond motifs is 1. The summed E-state index contributed by atoms with van der Waals surface area (Å²) in [5, 5.41) is 3.28. The van der Waals surface area contributed by atoms with E-state index >= 15 is 8.78 Å². The van der Waals surface area contributed by atoms with Gasteiger partial charge in [0.1, 0.15) is 12.1 Å². The van der Waals surface area contributed by atoms with Crippen LogP contribution < -0.4 is 15.0 Å². The first-order valence-electron chi connectivity index (χ1n) is 12.0. The van der Waals surface area contributed by atoms with Crippen molar-refractivity contribution in [2.45, 2.75) is 26.8 Å². The van der Waals surface area contributed by atoms with Gasteiger partial charge in [-0.15, -0.1) is 0 Å². The molecule has 4 aromatic rings. The van der Waals surface area contributed by atoms with Crippen molar-refractivity contribution in [2.75, 3.05) is 43.4 Å². The van der Waals surface area contributed by atoms with Gasteiger partial charge in [0, 0.05) is 43.3 Å². The number of likely N-dealkylation sites (N-methyl/N-ethyl adjacent to an activating group) is 1. The number of anilines is 3. The van der Waals surface area contributed by atoms with Crippen LogP contribution in [0.25, 0.3) is 10.9 Å². The minimum Gasteiger partial charge on any atom is -0.433 e. The second-order valence-electron chi connectivity index (χ2n) is 9.32. The van der Waals surface area contributed by atoms with Gasteiger partial charge in [0.2, 0.25) is 5.82 Å². The number of ether oxygens (including phenoxy) is 1. The van der Waals surface area contributed by atoms with Crippen LogP contribution in [0.4, 0.5) is 26.1 Å². The Hall–Kier alpha value is -3.79. The number of nitrogens with one attached hydrogen (secondary N) is 1. The lowest BCUT2D eigenvalue weighted by Gasteiger charge is -2.33. The summed E-state index contributed by atoms with van der Waals surface area (Å²) in [6.45, 7) is 9.83. The van der Waals surface area contributed by atoms with Crippen LogP contribution in [0, 0.1) is 18.6 Å². The van der Waals surface area contributed by atoms with Crippen molar-refractivity contribution in [3.63, 3.8) is 0 Å². The molecule has 0 unspecified atom stereocenters. The molecule has 8 nitrogen and oxygen atoms in total. The predicted octanol–water partition coefficient (Wildman–Crippen LogP) is 5.28. The molecule has 0 amide bonds. The Balaban J connectivity index is 1.35. The zero-order chi connectivity index (χ0) is 25.4. The summed E-state index contributed by atoms with van der Waals surface area (Å²) in [6.07, 6.45) is 2.91. The van der Waals surface area contributed by atoms with Crippen LogP contribution in [-0.2, 0) is 0 Å². The lowest BCUT2D eigenvalue weighted by atomic mass is 10.2. The second kappa shape index (κ2) is 9.69. The molecule has 0 radical (unpaired) electrons. The summed E-state index contributed by atoms with van der Waals surface area (Å²) in [6, 6.07) is 8.90. The van der Waals surface area contributed by atoms with Crippen LogP contribution in [0.3, 0.4) is 0 Å². The standard InChI is InChI=1S/C26H29F2N7O/c1-16(2)35-17(3)13-19-20(35)6-7-21(23(19)27)36-26-24(28)25(30-15-31-26)32-22-8-5-18(14-29-22)34-11-9-33(4)10-12-34/h5-8,13-16H,9-12H2,1-4H3,(H,29,30,31,32). The molecule has 188 valence electrons. The van der Waals surface area contributed by atoms with Gasteiger partial charge in [0.15, 0.2) is 17.4 Å². The first kappa shape index (κ1) is 23.9. The fourth-order valence-electron chi connectivity index (χ4n) is 4.59. The zero-order valence-corrected chi connectivity index (χ0v) is 20.8. The normalized spacial score (nSPS) is 14.6. The molecule has 1 fully saturated rings. The highest BCUT2D eigenvalue weighted by Gasteiger charge is 2.20. The number of nitrogens with zero attached hydrogens (tertiary/aromatic N) is 6. The second-order valence-corrected chi connectivity index (χ2v) is 9.32. The van der Waals surface area contributed by atoms with Gasteiger partial charge in [0.05, 0.1) is 17.4 Å². The summed E-state index contributed by atoms with van der Waals surface area (Å²) in [7, 11) is 2.10. The molecule has 36 heavy (non-hydrogen) atoms. The van der Waals surface area contributed by atoms with E-state index < -0.39 is 11.6 Å². The molecule has 0 spiro atoms. The maximum Gasteiger partial charge on any atom is 0.261 e. The Morgan fingerprint density at radius 3 is 2.44 bits per heavy atom. The Morgan fingerprint density at radius 2 is 1.75 bits per heavy atom. The number of rotatable bonds is 6. The van der Waals surface area contributed by atoms with Gasteiger partial charge in [-0.2, -0.15) is 9.37 Å². The van der Waals surface area contributed by atoms with E-state index in [4.69, 9.17) is 4.74 Å². The maximum absolute atomic E-state index is 15.3. The summed E-state index contributed by atoms with van der Waals surface area (Å²) in [5.41, 5.74) is 2.69. The average Bonchev–Trinajstić information content (AvgIpc) is 3.21. The third-order valence-corrected chi connectivity index (χ3v) is 6.46. The van der Waals surface area contributed by atoms with Crippen LogP contribution >= 0.6 is 0 Å². The molecule has 0 atom stereocenters. The molecular formula is C26H29F2N7O. The van der Waals surface area contributed by atoms with E-state index in [0.29, 0.717) is 11.2 Å². The number of piperazine rings is 1. The van der Waals surface area contributed by atoms with Gasteiger partial charge in [-0.25, -0.2) is 14.4 Å². The Morgan fingerprint density at radius 1 is 0.972 bits per heavy atom. The highest BCUT2D eigenvalue weighted by Crippen LogP contribution is 2.34. The monoisotopic (exact) mass is 493 g/mol. The average molecular weight is 494 g/mol. The Kier molecular flexibility index (Phi) is 6.44. The SMILES string of the molecule is Cc1cc2c(F)c(Oc3ncnc(Nc4ccc(N5CCN(C)CC5)cn4)c3F)ccc2n1C(C)C. The molecule has 0 bridgehead atoms. The zero-order valence-electron chi connectivity index (χ0n) is 20.8. The van der Waals surface area contributed by atoms with Crippen molar-refractivity contribution < 1.29 is 13.5 Å². The fourth-order valence-corrected chi connectivity index (χ4v) is 4.59. The number of aromatic nitrogens is 4. The molecule has 10 heteroatoms. The van der Waals surface area contributed by atoms with E-state index in [2.05, 4.69) is 37.1 Å². The molecule has 5 rings (SSSR count). The van der Waals surface area contributed by atoms with Crippen LogP contribution in [0.2, 0.25) is 0 Å². The number of hydrogen-bond donors (Lipinski definition) is 1. The summed E-state index contributed by atoms with van der Waals surface area (Å²) in [5.74, 6) is -1.57. The minimum absolute atomic E-state index is 0.108. The number of halogens is 2. The predicted molar refractivity (Wildman–Crippen MR) is 136 cm³/mol. The summed E-state index contributed by atoms with van der Waals surface area (Å²) in [4.78, 5) is 16.8. The van der Waals surface area contributed by atoms with Crippen molar-refractivity contribution >= 4 is 28.2 Å². The van der Waals surface area contributed by atoms with E-state index in [1.54, 1.807) is 24.4 Å². The van der Waals surface area contributed by atoms with E-state index in [1.807, 2.05) is 31.4 Å². The number of pyridine rings is 1. The fraction of sp³-hybridized carbons (Fsp3) is 0.346. The van der Waals surface area contributed by atoms with Crippen LogP contribution in [0.5, 0.6) is 11.6 Å². The number of benzene rings is 1. The van der Waals surface area contributed by atoms with Gasteiger partial charge < -0.3 is 24.4 Å². The molecule has 1 saturated heterocycles. The first-order chi connectivity index (χ1) is 17.3. The molecule has 0 saturated carbocycles. The molecule has 1 N–H and O–H groups in total.